The molecule has 1 saturated carbocycles. The van der Waals surface area contributed by atoms with Gasteiger partial charge in [-0.2, -0.15) is 0 Å². The molecule has 0 atom stereocenters. The van der Waals surface area contributed by atoms with E-state index < -0.39 is 0 Å². The van der Waals surface area contributed by atoms with Crippen LogP contribution in [0.3, 0.4) is 0 Å². The zero-order valence-corrected chi connectivity index (χ0v) is 9.60. The van der Waals surface area contributed by atoms with Gasteiger partial charge in [0.25, 0.3) is 0 Å². The number of hydrogen-bond donors (Lipinski definition) is 1. The summed E-state index contributed by atoms with van der Waals surface area (Å²) in [6.45, 7) is 4.46. The average Bonchev–Trinajstić information content (AvgIpc) is 2.25. The Morgan fingerprint density at radius 3 is 2.64 bits per heavy atom. The van der Waals surface area contributed by atoms with E-state index in [1.165, 1.54) is 51.5 Å². The van der Waals surface area contributed by atoms with Gasteiger partial charge in [-0.3, -0.25) is 0 Å². The second kappa shape index (κ2) is 8.05. The van der Waals surface area contributed by atoms with Gasteiger partial charge in [-0.15, -0.1) is 0 Å². The van der Waals surface area contributed by atoms with Crippen molar-refractivity contribution in [3.8, 4) is 0 Å². The minimum Gasteiger partial charge on any atom is -0.316 e. The average molecular weight is 195 g/mol. The first kappa shape index (κ1) is 11.8. The molecule has 0 amide bonds. The second-order valence-electron chi connectivity index (χ2n) is 4.40. The van der Waals surface area contributed by atoms with Crippen LogP contribution in [-0.2, 0) is 0 Å². The molecule has 14 heavy (non-hydrogen) atoms. The molecule has 1 nitrogen and oxygen atoms in total. The fourth-order valence-corrected chi connectivity index (χ4v) is 2.26. The van der Waals surface area contributed by atoms with E-state index in [1.807, 2.05) is 0 Å². The molecule has 1 rings (SSSR count). The summed E-state index contributed by atoms with van der Waals surface area (Å²) in [5.41, 5.74) is 0. The monoisotopic (exact) mass is 195 g/mol. The highest BCUT2D eigenvalue weighted by Gasteiger charge is 2.11. The van der Waals surface area contributed by atoms with E-state index in [2.05, 4.69) is 24.4 Å². The molecular formula is C13H25N. The van der Waals surface area contributed by atoms with Gasteiger partial charge in [-0.1, -0.05) is 44.3 Å². The summed E-state index contributed by atoms with van der Waals surface area (Å²) < 4.78 is 0. The van der Waals surface area contributed by atoms with Crippen molar-refractivity contribution < 1.29 is 0 Å². The van der Waals surface area contributed by atoms with E-state index in [9.17, 15) is 0 Å². The Bertz CT molecular complexity index is 145. The minimum atomic E-state index is 1.03. The van der Waals surface area contributed by atoms with Crippen LogP contribution >= 0.6 is 0 Å². The van der Waals surface area contributed by atoms with Gasteiger partial charge < -0.3 is 5.32 Å². The van der Waals surface area contributed by atoms with Crippen LogP contribution in [0, 0.1) is 5.92 Å². The molecule has 0 heterocycles. The molecule has 1 aliphatic carbocycles. The first-order chi connectivity index (χ1) is 6.93. The van der Waals surface area contributed by atoms with Crippen molar-refractivity contribution >= 4 is 0 Å². The molecule has 0 spiro atoms. The lowest BCUT2D eigenvalue weighted by Crippen LogP contribution is -2.20. The summed E-state index contributed by atoms with van der Waals surface area (Å²) in [6, 6.07) is 0. The number of allylic oxidation sites excluding steroid dienone is 1. The largest absolute Gasteiger partial charge is 0.316 e. The van der Waals surface area contributed by atoms with Crippen LogP contribution in [0.15, 0.2) is 12.2 Å². The Labute approximate surface area is 89.0 Å². The van der Waals surface area contributed by atoms with Crippen molar-refractivity contribution in [1.29, 1.82) is 0 Å². The van der Waals surface area contributed by atoms with Crippen LogP contribution < -0.4 is 5.32 Å². The van der Waals surface area contributed by atoms with Gasteiger partial charge >= 0.3 is 0 Å². The summed E-state index contributed by atoms with van der Waals surface area (Å²) in [5.74, 6) is 1.03. The van der Waals surface area contributed by atoms with Crippen LogP contribution in [-0.4, -0.2) is 13.1 Å². The molecule has 0 aromatic heterocycles. The van der Waals surface area contributed by atoms with Crippen LogP contribution in [0.4, 0.5) is 0 Å². The molecule has 0 saturated heterocycles. The van der Waals surface area contributed by atoms with Gasteiger partial charge in [0.2, 0.25) is 0 Å². The summed E-state index contributed by atoms with van der Waals surface area (Å²) in [6.07, 6.45) is 14.3. The molecule has 0 aromatic carbocycles. The topological polar surface area (TPSA) is 12.0 Å². The Hall–Kier alpha value is -0.300. The van der Waals surface area contributed by atoms with Crippen molar-refractivity contribution in [2.45, 2.75) is 51.9 Å². The SMILES string of the molecule is C/C=C/CCNCCC1CCCCC1. The molecule has 1 N–H and O–H groups in total. The predicted octanol–water partition coefficient (Wildman–Crippen LogP) is 3.51. The maximum absolute atomic E-state index is 3.52. The minimum absolute atomic E-state index is 1.03. The molecule has 1 heteroatoms. The normalized spacial score (nSPS) is 19.2. The van der Waals surface area contributed by atoms with Gasteiger partial charge in [-0.25, -0.2) is 0 Å². The Morgan fingerprint density at radius 1 is 1.14 bits per heavy atom. The highest BCUT2D eigenvalue weighted by molar-refractivity contribution is 4.77. The van der Waals surface area contributed by atoms with Crippen LogP contribution in [0.2, 0.25) is 0 Å². The van der Waals surface area contributed by atoms with Gasteiger partial charge in [0.15, 0.2) is 0 Å². The standard InChI is InChI=1S/C13H25N/c1-2-3-7-11-14-12-10-13-8-5-4-6-9-13/h2-3,13-14H,4-12H2,1H3/b3-2+. The number of hydrogen-bond acceptors (Lipinski definition) is 1. The van der Waals surface area contributed by atoms with E-state index in [4.69, 9.17) is 0 Å². The van der Waals surface area contributed by atoms with Crippen molar-refractivity contribution in [3.05, 3.63) is 12.2 Å². The summed E-state index contributed by atoms with van der Waals surface area (Å²) in [5, 5.41) is 3.52. The highest BCUT2D eigenvalue weighted by atomic mass is 14.8. The zero-order chi connectivity index (χ0) is 10.1. The lowest BCUT2D eigenvalue weighted by Gasteiger charge is -2.21. The van der Waals surface area contributed by atoms with Crippen LogP contribution in [0.25, 0.3) is 0 Å². The molecule has 1 fully saturated rings. The summed E-state index contributed by atoms with van der Waals surface area (Å²) >= 11 is 0. The van der Waals surface area contributed by atoms with Crippen molar-refractivity contribution in [1.82, 2.24) is 5.32 Å². The number of nitrogens with one attached hydrogen (secondary N) is 1. The van der Waals surface area contributed by atoms with E-state index in [-0.39, 0.29) is 0 Å². The van der Waals surface area contributed by atoms with Crippen LogP contribution in [0.1, 0.15) is 51.9 Å². The quantitative estimate of drug-likeness (QED) is 0.505. The maximum atomic E-state index is 3.52. The lowest BCUT2D eigenvalue weighted by atomic mass is 9.87. The smallest absolute Gasteiger partial charge is 0.00143 e. The van der Waals surface area contributed by atoms with Crippen molar-refractivity contribution in [2.75, 3.05) is 13.1 Å². The van der Waals surface area contributed by atoms with Crippen molar-refractivity contribution in [3.63, 3.8) is 0 Å². The molecule has 1 aliphatic rings. The molecule has 0 radical (unpaired) electrons. The lowest BCUT2D eigenvalue weighted by molar-refractivity contribution is 0.334. The van der Waals surface area contributed by atoms with Crippen LogP contribution in [0.5, 0.6) is 0 Å². The molecule has 0 aliphatic heterocycles. The summed E-state index contributed by atoms with van der Waals surface area (Å²) in [7, 11) is 0. The highest BCUT2D eigenvalue weighted by Crippen LogP contribution is 2.25. The van der Waals surface area contributed by atoms with E-state index >= 15 is 0 Å². The Morgan fingerprint density at radius 2 is 1.93 bits per heavy atom. The maximum Gasteiger partial charge on any atom is -0.00143 e. The third-order valence-corrected chi connectivity index (χ3v) is 3.18. The molecule has 0 aromatic rings. The Kier molecular flexibility index (Phi) is 6.77. The third kappa shape index (κ3) is 5.43. The fraction of sp³-hybridized carbons (Fsp3) is 0.846. The summed E-state index contributed by atoms with van der Waals surface area (Å²) in [4.78, 5) is 0. The fourth-order valence-electron chi connectivity index (χ4n) is 2.26. The molecule has 82 valence electrons. The van der Waals surface area contributed by atoms with Gasteiger partial charge in [0.1, 0.15) is 0 Å². The number of rotatable bonds is 6. The van der Waals surface area contributed by atoms with Gasteiger partial charge in [-0.05, 0) is 38.8 Å². The molecule has 0 bridgehead atoms. The zero-order valence-electron chi connectivity index (χ0n) is 9.60. The van der Waals surface area contributed by atoms with Crippen molar-refractivity contribution in [2.24, 2.45) is 5.92 Å². The third-order valence-electron chi connectivity index (χ3n) is 3.18. The first-order valence-corrected chi connectivity index (χ1v) is 6.25. The van der Waals surface area contributed by atoms with Gasteiger partial charge in [0.05, 0.1) is 0 Å². The molecule has 0 unspecified atom stereocenters. The van der Waals surface area contributed by atoms with Gasteiger partial charge in [0, 0.05) is 0 Å². The first-order valence-electron chi connectivity index (χ1n) is 6.25. The molecular weight excluding hydrogens is 170 g/mol. The Balaban J connectivity index is 1.87. The van der Waals surface area contributed by atoms with E-state index in [1.54, 1.807) is 0 Å². The van der Waals surface area contributed by atoms with E-state index in [0.717, 1.165) is 12.5 Å². The van der Waals surface area contributed by atoms with E-state index in [0.29, 0.717) is 0 Å². The second-order valence-corrected chi connectivity index (χ2v) is 4.40. The predicted molar refractivity (Wildman–Crippen MR) is 63.5 cm³/mol.